The number of aryl methyl sites for hydroxylation is 1. The molecule has 1 aromatic heterocycles. The standard InChI is InChI=1S/C25H25F7N4O4S/c1-22(2,33)13-21-35-34-20(40-21)12-17-7-3-14-11-15(23(37,24(27,28)29)25(30,31)32)4-10-19(14)36(17)41(38,39)18-8-5-16(26)6-9-18/h4-6,8-11,17,37H,3,7,12-13,33H2,1-2H3. The van der Waals surface area contributed by atoms with E-state index in [9.17, 15) is 44.3 Å². The summed E-state index contributed by atoms with van der Waals surface area (Å²) in [4.78, 5) is -0.376. The van der Waals surface area contributed by atoms with Crippen molar-refractivity contribution in [2.24, 2.45) is 5.73 Å². The van der Waals surface area contributed by atoms with Gasteiger partial charge in [0, 0.05) is 23.9 Å². The molecule has 224 valence electrons. The Bertz CT molecular complexity index is 1500. The molecule has 16 heteroatoms. The molecule has 3 N–H and O–H groups in total. The van der Waals surface area contributed by atoms with E-state index >= 15 is 0 Å². The number of alkyl halides is 6. The van der Waals surface area contributed by atoms with Crippen molar-refractivity contribution in [3.8, 4) is 0 Å². The normalized spacial score (nSPS) is 17.0. The fourth-order valence-electron chi connectivity index (χ4n) is 4.61. The van der Waals surface area contributed by atoms with E-state index in [2.05, 4.69) is 10.2 Å². The molecule has 0 radical (unpaired) electrons. The number of halogens is 7. The van der Waals surface area contributed by atoms with E-state index in [0.717, 1.165) is 34.6 Å². The van der Waals surface area contributed by atoms with Crippen LogP contribution in [0.2, 0.25) is 0 Å². The Kier molecular flexibility index (Phi) is 7.67. The SMILES string of the molecule is CC(C)(N)Cc1nnc(CC2CCc3cc(C(O)(C(F)(F)F)C(F)(F)F)ccc3N2S(=O)(=O)c2ccc(F)cc2)o1. The molecule has 0 spiro atoms. The molecule has 2 heterocycles. The first kappa shape index (κ1) is 30.7. The largest absolute Gasteiger partial charge is 0.430 e. The molecule has 1 unspecified atom stereocenters. The lowest BCUT2D eigenvalue weighted by Crippen LogP contribution is -2.54. The van der Waals surface area contributed by atoms with Crippen molar-refractivity contribution < 1.29 is 48.7 Å². The van der Waals surface area contributed by atoms with Crippen molar-refractivity contribution in [1.29, 1.82) is 0 Å². The van der Waals surface area contributed by atoms with Crippen LogP contribution in [0.15, 0.2) is 51.8 Å². The molecule has 8 nitrogen and oxygen atoms in total. The summed E-state index contributed by atoms with van der Waals surface area (Å²) in [6, 6.07) is 4.41. The highest BCUT2D eigenvalue weighted by molar-refractivity contribution is 7.92. The molecular formula is C25H25F7N4O4S. The van der Waals surface area contributed by atoms with Crippen LogP contribution in [-0.2, 0) is 34.9 Å². The number of rotatable bonds is 7. The number of benzene rings is 2. The minimum Gasteiger partial charge on any atom is -0.425 e. The van der Waals surface area contributed by atoms with E-state index in [0.29, 0.717) is 12.1 Å². The quantitative estimate of drug-likeness (QED) is 0.377. The summed E-state index contributed by atoms with van der Waals surface area (Å²) in [6.45, 7) is 3.44. The van der Waals surface area contributed by atoms with Gasteiger partial charge in [0.2, 0.25) is 11.8 Å². The van der Waals surface area contributed by atoms with Gasteiger partial charge >= 0.3 is 12.4 Å². The van der Waals surface area contributed by atoms with Gasteiger partial charge in [0.05, 0.1) is 16.6 Å². The minimum atomic E-state index is -6.12. The lowest BCUT2D eigenvalue weighted by Gasteiger charge is -2.39. The average Bonchev–Trinajstić information content (AvgIpc) is 3.26. The molecule has 1 aliphatic rings. The van der Waals surface area contributed by atoms with Crippen LogP contribution < -0.4 is 10.0 Å². The van der Waals surface area contributed by atoms with Crippen molar-refractivity contribution in [3.63, 3.8) is 0 Å². The molecule has 0 saturated carbocycles. The fraction of sp³-hybridized carbons (Fsp3) is 0.440. The molecular weight excluding hydrogens is 585 g/mol. The number of aliphatic hydroxyl groups is 1. The Labute approximate surface area is 230 Å². The van der Waals surface area contributed by atoms with Gasteiger partial charge in [-0.3, -0.25) is 4.31 Å². The van der Waals surface area contributed by atoms with Gasteiger partial charge in [-0.1, -0.05) is 12.1 Å². The lowest BCUT2D eigenvalue weighted by atomic mass is 9.87. The Hall–Kier alpha value is -3.24. The molecule has 1 aliphatic heterocycles. The zero-order valence-corrected chi connectivity index (χ0v) is 22.4. The maximum Gasteiger partial charge on any atom is 0.430 e. The smallest absolute Gasteiger partial charge is 0.425 e. The van der Waals surface area contributed by atoms with Crippen LogP contribution in [0.3, 0.4) is 0 Å². The third kappa shape index (κ3) is 5.90. The average molecular weight is 611 g/mol. The van der Waals surface area contributed by atoms with Gasteiger partial charge < -0.3 is 15.3 Å². The molecule has 2 aromatic carbocycles. The first-order valence-corrected chi connectivity index (χ1v) is 13.6. The Morgan fingerprint density at radius 1 is 1.00 bits per heavy atom. The molecule has 0 aliphatic carbocycles. The number of nitrogens with two attached hydrogens (primary N) is 1. The summed E-state index contributed by atoms with van der Waals surface area (Å²) < 4.78 is 129. The van der Waals surface area contributed by atoms with Crippen molar-refractivity contribution in [1.82, 2.24) is 10.2 Å². The van der Waals surface area contributed by atoms with Crippen LogP contribution in [0.1, 0.15) is 43.2 Å². The van der Waals surface area contributed by atoms with Crippen LogP contribution >= 0.6 is 0 Å². The van der Waals surface area contributed by atoms with Gasteiger partial charge in [-0.15, -0.1) is 10.2 Å². The molecule has 41 heavy (non-hydrogen) atoms. The number of sulfonamides is 1. The zero-order valence-electron chi connectivity index (χ0n) is 21.6. The van der Waals surface area contributed by atoms with Crippen molar-refractivity contribution in [2.45, 2.75) is 74.0 Å². The highest BCUT2D eigenvalue weighted by atomic mass is 32.2. The molecule has 1 atom stereocenters. The summed E-state index contributed by atoms with van der Waals surface area (Å²) in [6.07, 6.45) is -12.4. The van der Waals surface area contributed by atoms with E-state index in [-0.39, 0.29) is 53.6 Å². The molecule has 0 amide bonds. The zero-order chi connectivity index (χ0) is 30.6. The van der Waals surface area contributed by atoms with Crippen molar-refractivity contribution in [2.75, 3.05) is 4.31 Å². The van der Waals surface area contributed by atoms with E-state index in [1.54, 1.807) is 13.8 Å². The van der Waals surface area contributed by atoms with Crippen molar-refractivity contribution in [3.05, 3.63) is 71.2 Å². The van der Waals surface area contributed by atoms with Crippen LogP contribution in [-0.4, -0.2) is 47.7 Å². The molecule has 0 saturated heterocycles. The Balaban J connectivity index is 1.81. The number of nitrogens with zero attached hydrogens (tertiary/aromatic N) is 3. The number of anilines is 1. The third-order valence-electron chi connectivity index (χ3n) is 6.53. The monoisotopic (exact) mass is 610 g/mol. The van der Waals surface area contributed by atoms with Crippen molar-refractivity contribution >= 4 is 15.7 Å². The maximum atomic E-state index is 13.8. The van der Waals surface area contributed by atoms with E-state index in [4.69, 9.17) is 10.2 Å². The second-order valence-corrected chi connectivity index (χ2v) is 12.3. The minimum absolute atomic E-state index is 0.0251. The number of hydrogen-bond donors (Lipinski definition) is 2. The van der Waals surface area contributed by atoms with Gasteiger partial charge in [-0.2, -0.15) is 26.3 Å². The van der Waals surface area contributed by atoms with E-state index in [1.807, 2.05) is 0 Å². The highest BCUT2D eigenvalue weighted by Gasteiger charge is 2.71. The summed E-state index contributed by atoms with van der Waals surface area (Å²) in [7, 11) is -4.54. The first-order valence-electron chi connectivity index (χ1n) is 12.1. The second-order valence-electron chi connectivity index (χ2n) is 10.5. The molecule has 4 rings (SSSR count). The summed E-state index contributed by atoms with van der Waals surface area (Å²) >= 11 is 0. The maximum absolute atomic E-state index is 13.8. The summed E-state index contributed by atoms with van der Waals surface area (Å²) in [5.41, 5.74) is -1.84. The number of fused-ring (bicyclic) bond motifs is 1. The first-order chi connectivity index (χ1) is 18.7. The lowest BCUT2D eigenvalue weighted by molar-refractivity contribution is -0.376. The van der Waals surface area contributed by atoms with Gasteiger partial charge in [0.25, 0.3) is 15.6 Å². The third-order valence-corrected chi connectivity index (χ3v) is 8.41. The van der Waals surface area contributed by atoms with Crippen LogP contribution in [0, 0.1) is 5.82 Å². The van der Waals surface area contributed by atoms with Crippen LogP contribution in [0.5, 0.6) is 0 Å². The molecule has 0 bridgehead atoms. The van der Waals surface area contributed by atoms with E-state index < -0.39 is 50.9 Å². The summed E-state index contributed by atoms with van der Waals surface area (Å²) in [5.74, 6) is -0.527. The highest BCUT2D eigenvalue weighted by Crippen LogP contribution is 2.51. The van der Waals surface area contributed by atoms with E-state index in [1.165, 1.54) is 0 Å². The number of hydrogen-bond acceptors (Lipinski definition) is 7. The second kappa shape index (κ2) is 10.2. The van der Waals surface area contributed by atoms with Gasteiger partial charge in [-0.25, -0.2) is 12.8 Å². The van der Waals surface area contributed by atoms with Crippen LogP contribution in [0.4, 0.5) is 36.4 Å². The summed E-state index contributed by atoms with van der Waals surface area (Å²) in [5, 5.41) is 17.7. The Morgan fingerprint density at radius 3 is 2.15 bits per heavy atom. The van der Waals surface area contributed by atoms with Gasteiger partial charge in [-0.05, 0) is 62.6 Å². The van der Waals surface area contributed by atoms with Crippen LogP contribution in [0.25, 0.3) is 0 Å². The van der Waals surface area contributed by atoms with Gasteiger partial charge in [0.15, 0.2) is 0 Å². The van der Waals surface area contributed by atoms with Gasteiger partial charge in [0.1, 0.15) is 5.82 Å². The number of aromatic nitrogens is 2. The molecule has 3 aromatic rings. The fourth-order valence-corrected chi connectivity index (χ4v) is 6.33. The Morgan fingerprint density at radius 2 is 1.59 bits per heavy atom. The topological polar surface area (TPSA) is 123 Å². The predicted octanol–water partition coefficient (Wildman–Crippen LogP) is 4.55. The predicted molar refractivity (Wildman–Crippen MR) is 131 cm³/mol. The molecule has 0 fully saturated rings.